The molecule has 0 spiro atoms. The van der Waals surface area contributed by atoms with E-state index in [-0.39, 0.29) is 36.1 Å². The molecule has 0 saturated carbocycles. The molecular formula is C23H29N3O5S. The zero-order chi connectivity index (χ0) is 22.8. The summed E-state index contributed by atoms with van der Waals surface area (Å²) < 4.78 is 34.0. The second-order valence-electron chi connectivity index (χ2n) is 7.57. The molecule has 9 heteroatoms. The van der Waals surface area contributed by atoms with Gasteiger partial charge in [-0.05, 0) is 30.5 Å². The molecule has 2 amide bonds. The van der Waals surface area contributed by atoms with Gasteiger partial charge in [-0.3, -0.25) is 9.59 Å². The van der Waals surface area contributed by atoms with Gasteiger partial charge in [0.05, 0.1) is 11.5 Å². The van der Waals surface area contributed by atoms with Gasteiger partial charge in [-0.2, -0.15) is 4.72 Å². The Morgan fingerprint density at radius 1 is 1.03 bits per heavy atom. The van der Waals surface area contributed by atoms with Crippen molar-refractivity contribution in [2.45, 2.75) is 30.2 Å². The van der Waals surface area contributed by atoms with Crippen molar-refractivity contribution in [3.8, 4) is 0 Å². The summed E-state index contributed by atoms with van der Waals surface area (Å²) in [7, 11) is -3.91. The summed E-state index contributed by atoms with van der Waals surface area (Å²) >= 11 is 0. The van der Waals surface area contributed by atoms with Gasteiger partial charge in [-0.25, -0.2) is 8.42 Å². The Bertz CT molecular complexity index is 983. The van der Waals surface area contributed by atoms with Crippen LogP contribution in [0.2, 0.25) is 0 Å². The average molecular weight is 460 g/mol. The van der Waals surface area contributed by atoms with Gasteiger partial charge in [-0.1, -0.05) is 48.5 Å². The molecule has 2 aromatic rings. The lowest BCUT2D eigenvalue weighted by molar-refractivity contribution is -0.133. The molecule has 0 aromatic heterocycles. The van der Waals surface area contributed by atoms with Gasteiger partial charge in [-0.15, -0.1) is 0 Å². The lowest BCUT2D eigenvalue weighted by Crippen LogP contribution is -2.50. The van der Waals surface area contributed by atoms with Gasteiger partial charge in [0.15, 0.2) is 0 Å². The van der Waals surface area contributed by atoms with Crippen LogP contribution in [-0.2, 0) is 30.8 Å². The molecule has 3 rings (SSSR count). The van der Waals surface area contributed by atoms with Crippen molar-refractivity contribution < 1.29 is 22.7 Å². The third-order valence-electron chi connectivity index (χ3n) is 5.14. The first-order chi connectivity index (χ1) is 15.5. The Balaban J connectivity index is 1.83. The molecule has 172 valence electrons. The number of nitrogens with zero attached hydrogens (tertiary/aromatic N) is 1. The molecule has 1 saturated heterocycles. The molecule has 1 heterocycles. The maximum atomic E-state index is 13.5. The lowest BCUT2D eigenvalue weighted by Gasteiger charge is -2.28. The van der Waals surface area contributed by atoms with Crippen LogP contribution >= 0.6 is 0 Å². The Morgan fingerprint density at radius 2 is 1.72 bits per heavy atom. The molecule has 8 nitrogen and oxygen atoms in total. The topological polar surface area (TPSA) is 105 Å². The zero-order valence-electron chi connectivity index (χ0n) is 17.9. The third kappa shape index (κ3) is 7.15. The SMILES string of the molecule is O=C1CCN(C(=O)[C@H](Cc2ccccc2)NS(=O)(=O)c2ccccc2)CCCOCCN1. The number of carbonyl (C=O) groups is 2. The first-order valence-electron chi connectivity index (χ1n) is 10.7. The number of rotatable bonds is 6. The van der Waals surface area contributed by atoms with Crippen molar-refractivity contribution in [3.63, 3.8) is 0 Å². The Labute approximate surface area is 189 Å². The van der Waals surface area contributed by atoms with Gasteiger partial charge < -0.3 is 15.0 Å². The summed E-state index contributed by atoms with van der Waals surface area (Å²) in [5.41, 5.74) is 0.834. The zero-order valence-corrected chi connectivity index (χ0v) is 18.7. The van der Waals surface area contributed by atoms with E-state index >= 15 is 0 Å². The lowest BCUT2D eigenvalue weighted by atomic mass is 10.1. The quantitative estimate of drug-likeness (QED) is 0.678. The highest BCUT2D eigenvalue weighted by Gasteiger charge is 2.30. The summed E-state index contributed by atoms with van der Waals surface area (Å²) in [6.45, 7) is 1.90. The minimum atomic E-state index is -3.91. The van der Waals surface area contributed by atoms with Crippen LogP contribution in [0.1, 0.15) is 18.4 Å². The summed E-state index contributed by atoms with van der Waals surface area (Å²) in [4.78, 5) is 27.2. The van der Waals surface area contributed by atoms with Gasteiger partial charge in [0.1, 0.15) is 6.04 Å². The molecule has 0 unspecified atom stereocenters. The van der Waals surface area contributed by atoms with Gasteiger partial charge >= 0.3 is 0 Å². The van der Waals surface area contributed by atoms with Crippen LogP contribution < -0.4 is 10.0 Å². The van der Waals surface area contributed by atoms with Crippen molar-refractivity contribution >= 4 is 21.8 Å². The van der Waals surface area contributed by atoms with Crippen LogP contribution in [0.15, 0.2) is 65.6 Å². The standard InChI is InChI=1S/C23H29N3O5S/c27-22-12-15-26(14-7-16-31-17-13-24-22)23(28)21(18-19-8-3-1-4-9-19)25-32(29,30)20-10-5-2-6-11-20/h1-6,8-11,21,25H,7,12-18H2,(H,24,27)/t21-/m0/s1. The Hall–Kier alpha value is -2.75. The number of nitrogens with one attached hydrogen (secondary N) is 2. The number of carbonyl (C=O) groups excluding carboxylic acids is 2. The van der Waals surface area contributed by atoms with E-state index in [1.54, 1.807) is 23.1 Å². The maximum absolute atomic E-state index is 13.5. The predicted octanol–water partition coefficient (Wildman–Crippen LogP) is 1.33. The number of hydrogen-bond acceptors (Lipinski definition) is 5. The van der Waals surface area contributed by atoms with E-state index in [4.69, 9.17) is 4.74 Å². The highest BCUT2D eigenvalue weighted by atomic mass is 32.2. The fraction of sp³-hybridized carbons (Fsp3) is 0.391. The normalized spacial score (nSPS) is 17.1. The summed E-state index contributed by atoms with van der Waals surface area (Å²) in [6.07, 6.45) is 0.948. The summed E-state index contributed by atoms with van der Waals surface area (Å²) in [5.74, 6) is -0.529. The maximum Gasteiger partial charge on any atom is 0.241 e. The Kier molecular flexibility index (Phi) is 8.78. The second kappa shape index (κ2) is 11.8. The number of hydrogen-bond donors (Lipinski definition) is 2. The van der Waals surface area contributed by atoms with Crippen molar-refractivity contribution in [2.24, 2.45) is 0 Å². The molecule has 1 aliphatic rings. The van der Waals surface area contributed by atoms with Crippen molar-refractivity contribution in [1.82, 2.24) is 14.9 Å². The van der Waals surface area contributed by atoms with Crippen LogP contribution in [0, 0.1) is 0 Å². The van der Waals surface area contributed by atoms with E-state index in [2.05, 4.69) is 10.0 Å². The highest BCUT2D eigenvalue weighted by Crippen LogP contribution is 2.13. The van der Waals surface area contributed by atoms with Crippen LogP contribution in [0.5, 0.6) is 0 Å². The van der Waals surface area contributed by atoms with Crippen LogP contribution in [-0.4, -0.2) is 64.0 Å². The molecule has 2 aromatic carbocycles. The predicted molar refractivity (Wildman–Crippen MR) is 120 cm³/mol. The molecule has 1 aliphatic heterocycles. The number of benzene rings is 2. The molecular weight excluding hydrogens is 430 g/mol. The van der Waals surface area contributed by atoms with E-state index in [0.717, 1.165) is 5.56 Å². The third-order valence-corrected chi connectivity index (χ3v) is 6.62. The monoisotopic (exact) mass is 459 g/mol. The molecule has 0 aliphatic carbocycles. The summed E-state index contributed by atoms with van der Waals surface area (Å²) in [5, 5.41) is 2.75. The van der Waals surface area contributed by atoms with Gasteiger partial charge in [0.25, 0.3) is 0 Å². The van der Waals surface area contributed by atoms with E-state index in [1.165, 1.54) is 12.1 Å². The molecule has 2 N–H and O–H groups in total. The van der Waals surface area contributed by atoms with Crippen LogP contribution in [0.3, 0.4) is 0 Å². The minimum absolute atomic E-state index is 0.0936. The fourth-order valence-corrected chi connectivity index (χ4v) is 4.69. The van der Waals surface area contributed by atoms with Crippen LogP contribution in [0.4, 0.5) is 0 Å². The molecule has 1 atom stereocenters. The Morgan fingerprint density at radius 3 is 2.44 bits per heavy atom. The largest absolute Gasteiger partial charge is 0.380 e. The average Bonchev–Trinajstić information content (AvgIpc) is 2.85. The molecule has 0 radical (unpaired) electrons. The van der Waals surface area contributed by atoms with Gasteiger partial charge in [0, 0.05) is 32.7 Å². The number of sulfonamides is 1. The number of amides is 2. The molecule has 1 fully saturated rings. The van der Waals surface area contributed by atoms with Crippen LogP contribution in [0.25, 0.3) is 0 Å². The molecule has 0 bridgehead atoms. The van der Waals surface area contributed by atoms with E-state index in [9.17, 15) is 18.0 Å². The van der Waals surface area contributed by atoms with E-state index in [0.29, 0.717) is 32.7 Å². The smallest absolute Gasteiger partial charge is 0.241 e. The van der Waals surface area contributed by atoms with E-state index < -0.39 is 16.1 Å². The highest BCUT2D eigenvalue weighted by molar-refractivity contribution is 7.89. The fourth-order valence-electron chi connectivity index (χ4n) is 3.48. The first kappa shape index (κ1) is 23.9. The second-order valence-corrected chi connectivity index (χ2v) is 9.28. The van der Waals surface area contributed by atoms with Crippen molar-refractivity contribution in [2.75, 3.05) is 32.8 Å². The first-order valence-corrected chi connectivity index (χ1v) is 12.2. The van der Waals surface area contributed by atoms with E-state index in [1.807, 2.05) is 30.3 Å². The van der Waals surface area contributed by atoms with Gasteiger partial charge in [0.2, 0.25) is 21.8 Å². The molecule has 32 heavy (non-hydrogen) atoms. The summed E-state index contributed by atoms with van der Waals surface area (Å²) in [6, 6.07) is 16.2. The van der Waals surface area contributed by atoms with Crippen molar-refractivity contribution in [1.29, 1.82) is 0 Å². The van der Waals surface area contributed by atoms with Crippen molar-refractivity contribution in [3.05, 3.63) is 66.2 Å². The minimum Gasteiger partial charge on any atom is -0.380 e. The number of ether oxygens (including phenoxy) is 1.